The molecule has 14 nitrogen and oxygen atoms in total. The maximum absolute atomic E-state index is 9.10. The Labute approximate surface area is 262 Å². The predicted molar refractivity (Wildman–Crippen MR) is 168 cm³/mol. The molecule has 0 saturated carbocycles. The first-order chi connectivity index (χ1) is 21.9. The van der Waals surface area contributed by atoms with Gasteiger partial charge in [0.2, 0.25) is 0 Å². The molecule has 1 aliphatic rings. The largest absolute Gasteiger partial charge is 0.473 e. The van der Waals surface area contributed by atoms with Crippen molar-refractivity contribution in [3.05, 3.63) is 48.3 Å². The average molecular weight is 625 g/mol. The first kappa shape index (κ1) is 33.9. The van der Waals surface area contributed by atoms with Crippen molar-refractivity contribution >= 4 is 34.3 Å². The number of carbonyl (C=O) groups is 2. The summed E-state index contributed by atoms with van der Waals surface area (Å²) in [5, 5.41) is 14.8. The number of hydrogen-bond donors (Lipinski definition) is 2. The molecule has 14 heteroatoms. The molecular formula is C31H44N8O6. The molecule has 0 spiro atoms. The van der Waals surface area contributed by atoms with Crippen LogP contribution in [0.2, 0.25) is 0 Å². The Morgan fingerprint density at radius 2 is 1.24 bits per heavy atom. The average Bonchev–Trinajstić information content (AvgIpc) is 3.58. The van der Waals surface area contributed by atoms with Gasteiger partial charge >= 0.3 is 11.9 Å². The van der Waals surface area contributed by atoms with Crippen LogP contribution in [-0.2, 0) is 45.1 Å². The van der Waals surface area contributed by atoms with E-state index < -0.39 is 11.9 Å². The van der Waals surface area contributed by atoms with Crippen molar-refractivity contribution in [3.63, 3.8) is 0 Å². The summed E-state index contributed by atoms with van der Waals surface area (Å²) >= 11 is 0. The lowest BCUT2D eigenvalue weighted by atomic mass is 10.2. The Morgan fingerprint density at radius 3 is 1.78 bits per heavy atom. The number of unbranched alkanes of at least 4 members (excludes halogenated alkanes) is 1. The Morgan fingerprint density at radius 1 is 0.733 bits per heavy atom. The van der Waals surface area contributed by atoms with Gasteiger partial charge in [0.25, 0.3) is 0 Å². The second-order valence-corrected chi connectivity index (χ2v) is 10.6. The molecule has 0 bridgehead atoms. The number of aliphatic carboxylic acids is 2. The molecule has 244 valence electrons. The SMILES string of the molecule is CCOCCn1c(CCCCN2CCN(Cc3nc4cccnc4n3CCOCC)CC2)nc2cccnc21.O=C(O)C(=O)O. The normalized spacial score (nSPS) is 14.1. The van der Waals surface area contributed by atoms with Gasteiger partial charge in [-0.2, -0.15) is 0 Å². The quantitative estimate of drug-likeness (QED) is 0.147. The number of carboxylic acid groups (broad SMARTS) is 2. The zero-order valence-corrected chi connectivity index (χ0v) is 26.2. The summed E-state index contributed by atoms with van der Waals surface area (Å²) in [7, 11) is 0. The molecule has 5 heterocycles. The zero-order chi connectivity index (χ0) is 32.0. The van der Waals surface area contributed by atoms with Crippen molar-refractivity contribution in [2.24, 2.45) is 0 Å². The summed E-state index contributed by atoms with van der Waals surface area (Å²) in [5.74, 6) is -1.45. The van der Waals surface area contributed by atoms with Gasteiger partial charge in [-0.3, -0.25) is 4.90 Å². The topological polar surface area (TPSA) is 161 Å². The fraction of sp³-hybridized carbons (Fsp3) is 0.548. The molecule has 4 aromatic heterocycles. The zero-order valence-electron chi connectivity index (χ0n) is 26.2. The van der Waals surface area contributed by atoms with Gasteiger partial charge in [-0.15, -0.1) is 0 Å². The van der Waals surface area contributed by atoms with Crippen molar-refractivity contribution in [1.82, 2.24) is 38.9 Å². The Hall–Kier alpha value is -3.98. The van der Waals surface area contributed by atoms with Gasteiger partial charge in [-0.1, -0.05) is 0 Å². The molecule has 4 aromatic rings. The summed E-state index contributed by atoms with van der Waals surface area (Å²) in [6.07, 6.45) is 6.94. The van der Waals surface area contributed by atoms with E-state index in [9.17, 15) is 0 Å². The molecule has 0 atom stereocenters. The highest BCUT2D eigenvalue weighted by Gasteiger charge is 2.20. The number of hydrogen-bond acceptors (Lipinski definition) is 10. The van der Waals surface area contributed by atoms with Gasteiger partial charge in [-0.25, -0.2) is 29.5 Å². The lowest BCUT2D eigenvalue weighted by Gasteiger charge is -2.34. The van der Waals surface area contributed by atoms with Crippen molar-refractivity contribution in [2.75, 3.05) is 59.2 Å². The van der Waals surface area contributed by atoms with Crippen molar-refractivity contribution in [1.29, 1.82) is 0 Å². The summed E-state index contributed by atoms with van der Waals surface area (Å²) in [5.41, 5.74) is 3.85. The van der Waals surface area contributed by atoms with Gasteiger partial charge in [0.05, 0.1) is 19.8 Å². The molecule has 1 aliphatic heterocycles. The second-order valence-electron chi connectivity index (χ2n) is 10.6. The van der Waals surface area contributed by atoms with Gasteiger partial charge < -0.3 is 33.7 Å². The number of pyridine rings is 2. The third kappa shape index (κ3) is 9.75. The monoisotopic (exact) mass is 624 g/mol. The minimum absolute atomic E-state index is 0.679. The van der Waals surface area contributed by atoms with Gasteiger partial charge in [0, 0.05) is 71.3 Å². The van der Waals surface area contributed by atoms with Crippen LogP contribution in [0.15, 0.2) is 36.7 Å². The van der Waals surface area contributed by atoms with Gasteiger partial charge in [-0.05, 0) is 57.5 Å². The van der Waals surface area contributed by atoms with E-state index in [1.807, 2.05) is 50.5 Å². The molecule has 0 amide bonds. The highest BCUT2D eigenvalue weighted by atomic mass is 16.5. The van der Waals surface area contributed by atoms with Crippen LogP contribution in [0.4, 0.5) is 0 Å². The Bertz CT molecular complexity index is 1500. The van der Waals surface area contributed by atoms with Crippen LogP contribution < -0.4 is 0 Å². The predicted octanol–water partition coefficient (Wildman–Crippen LogP) is 2.55. The lowest BCUT2D eigenvalue weighted by molar-refractivity contribution is -0.159. The third-order valence-corrected chi connectivity index (χ3v) is 7.63. The van der Waals surface area contributed by atoms with Crippen LogP contribution in [0.5, 0.6) is 0 Å². The van der Waals surface area contributed by atoms with E-state index in [4.69, 9.17) is 39.2 Å². The van der Waals surface area contributed by atoms with Crippen LogP contribution in [0.25, 0.3) is 22.3 Å². The Kier molecular flexibility index (Phi) is 13.2. The first-order valence-corrected chi connectivity index (χ1v) is 15.6. The maximum atomic E-state index is 9.10. The number of aromatic nitrogens is 6. The fourth-order valence-corrected chi connectivity index (χ4v) is 5.38. The van der Waals surface area contributed by atoms with E-state index in [1.54, 1.807) is 0 Å². The molecule has 0 aromatic carbocycles. The van der Waals surface area contributed by atoms with E-state index in [0.717, 1.165) is 112 Å². The fourth-order valence-electron chi connectivity index (χ4n) is 5.38. The molecule has 45 heavy (non-hydrogen) atoms. The van der Waals surface area contributed by atoms with E-state index in [2.05, 4.69) is 28.9 Å². The first-order valence-electron chi connectivity index (χ1n) is 15.6. The standard InChI is InChI=1S/C29H42N8O2.C2H2O4/c1-3-38-21-19-36-26(32-24-9-7-12-30-28(24)36)11-5-6-14-34-15-17-35(18-16-34)23-27-33-25-10-8-13-31-29(25)37(27)20-22-39-4-2;3-1(4)2(5)6/h7-10,12-13H,3-6,11,14-23H2,1-2H3;(H,3,4)(H,5,6). The highest BCUT2D eigenvalue weighted by molar-refractivity contribution is 6.27. The molecule has 0 unspecified atom stereocenters. The van der Waals surface area contributed by atoms with E-state index in [1.165, 1.54) is 6.42 Å². The molecule has 1 fully saturated rings. The Balaban J connectivity index is 0.000000700. The van der Waals surface area contributed by atoms with E-state index in [0.29, 0.717) is 13.2 Å². The summed E-state index contributed by atoms with van der Waals surface area (Å²) in [6.45, 7) is 14.7. The van der Waals surface area contributed by atoms with Crippen molar-refractivity contribution in [2.45, 2.75) is 52.7 Å². The van der Waals surface area contributed by atoms with Crippen LogP contribution in [-0.4, -0.2) is 120 Å². The number of fused-ring (bicyclic) bond motifs is 2. The molecule has 5 rings (SSSR count). The smallest absolute Gasteiger partial charge is 0.414 e. The van der Waals surface area contributed by atoms with E-state index >= 15 is 0 Å². The number of piperazine rings is 1. The van der Waals surface area contributed by atoms with Gasteiger partial charge in [0.15, 0.2) is 11.3 Å². The number of aryl methyl sites for hydroxylation is 1. The van der Waals surface area contributed by atoms with Crippen LogP contribution in [0.3, 0.4) is 0 Å². The number of nitrogens with zero attached hydrogens (tertiary/aromatic N) is 8. The lowest BCUT2D eigenvalue weighted by Crippen LogP contribution is -2.46. The molecule has 2 N–H and O–H groups in total. The number of ether oxygens (including phenoxy) is 2. The van der Waals surface area contributed by atoms with Crippen molar-refractivity contribution in [3.8, 4) is 0 Å². The molecule has 1 saturated heterocycles. The summed E-state index contributed by atoms with van der Waals surface area (Å²) in [4.78, 5) is 42.3. The van der Waals surface area contributed by atoms with Gasteiger partial charge in [0.1, 0.15) is 22.7 Å². The number of rotatable bonds is 15. The van der Waals surface area contributed by atoms with Crippen LogP contribution in [0.1, 0.15) is 38.3 Å². The number of carboxylic acids is 2. The van der Waals surface area contributed by atoms with Crippen LogP contribution >= 0.6 is 0 Å². The van der Waals surface area contributed by atoms with E-state index in [-0.39, 0.29) is 0 Å². The highest BCUT2D eigenvalue weighted by Crippen LogP contribution is 2.18. The van der Waals surface area contributed by atoms with Crippen LogP contribution in [0, 0.1) is 0 Å². The second kappa shape index (κ2) is 17.5. The third-order valence-electron chi connectivity index (χ3n) is 7.63. The summed E-state index contributed by atoms with van der Waals surface area (Å²) < 4.78 is 15.7. The molecular weight excluding hydrogens is 580 g/mol. The molecule has 0 aliphatic carbocycles. The summed E-state index contributed by atoms with van der Waals surface area (Å²) in [6, 6.07) is 8.01. The maximum Gasteiger partial charge on any atom is 0.414 e. The molecule has 0 radical (unpaired) electrons. The minimum Gasteiger partial charge on any atom is -0.473 e. The van der Waals surface area contributed by atoms with Crippen molar-refractivity contribution < 1.29 is 29.3 Å². The number of imidazole rings is 2. The minimum atomic E-state index is -1.82.